The van der Waals surface area contributed by atoms with Gasteiger partial charge < -0.3 is 9.15 Å². The number of ether oxygens (including phenoxy) is 1. The highest BCUT2D eigenvalue weighted by molar-refractivity contribution is 6.03. The highest BCUT2D eigenvalue weighted by Gasteiger charge is 2.13. The molecule has 1 aromatic heterocycles. The summed E-state index contributed by atoms with van der Waals surface area (Å²) in [5.74, 6) is 0.131. The SMILES string of the molecule is CC(C)Oc1ccc(C(=O)Nc2nnc(-c3ccc(F)cc3)o2)cc1. The molecule has 6 nitrogen and oxygen atoms in total. The Labute approximate surface area is 143 Å². The molecular formula is C18H16FN3O3. The summed E-state index contributed by atoms with van der Waals surface area (Å²) < 4.78 is 23.8. The Hall–Kier alpha value is -3.22. The number of hydrogen-bond donors (Lipinski definition) is 1. The Kier molecular flexibility index (Phi) is 4.74. The number of amides is 1. The van der Waals surface area contributed by atoms with Crippen LogP contribution < -0.4 is 10.1 Å². The molecule has 25 heavy (non-hydrogen) atoms. The molecule has 0 fully saturated rings. The summed E-state index contributed by atoms with van der Waals surface area (Å²) in [6.07, 6.45) is 0.0583. The predicted molar refractivity (Wildman–Crippen MR) is 89.9 cm³/mol. The molecular weight excluding hydrogens is 325 g/mol. The summed E-state index contributed by atoms with van der Waals surface area (Å²) in [7, 11) is 0. The van der Waals surface area contributed by atoms with Crippen molar-refractivity contribution < 1.29 is 18.3 Å². The van der Waals surface area contributed by atoms with E-state index in [0.717, 1.165) is 0 Å². The second kappa shape index (κ2) is 7.12. The van der Waals surface area contributed by atoms with Crippen molar-refractivity contribution in [1.82, 2.24) is 10.2 Å². The topological polar surface area (TPSA) is 77.2 Å². The van der Waals surface area contributed by atoms with Gasteiger partial charge in [-0.2, -0.15) is 0 Å². The van der Waals surface area contributed by atoms with Crippen LogP contribution in [0.3, 0.4) is 0 Å². The van der Waals surface area contributed by atoms with Gasteiger partial charge in [0.2, 0.25) is 5.89 Å². The van der Waals surface area contributed by atoms with Crippen molar-refractivity contribution >= 4 is 11.9 Å². The molecule has 3 rings (SSSR count). The lowest BCUT2D eigenvalue weighted by Crippen LogP contribution is -2.12. The summed E-state index contributed by atoms with van der Waals surface area (Å²) in [4.78, 5) is 12.2. The zero-order valence-corrected chi connectivity index (χ0v) is 13.7. The van der Waals surface area contributed by atoms with Crippen LogP contribution in [0.25, 0.3) is 11.5 Å². The van der Waals surface area contributed by atoms with Gasteiger partial charge in [-0.25, -0.2) is 4.39 Å². The van der Waals surface area contributed by atoms with Gasteiger partial charge in [0.15, 0.2) is 0 Å². The molecule has 0 radical (unpaired) electrons. The fraction of sp³-hybridized carbons (Fsp3) is 0.167. The molecule has 0 unspecified atom stereocenters. The first kappa shape index (κ1) is 16.6. The molecule has 0 spiro atoms. The normalized spacial score (nSPS) is 10.7. The first-order valence-corrected chi connectivity index (χ1v) is 7.69. The molecule has 128 valence electrons. The van der Waals surface area contributed by atoms with E-state index in [4.69, 9.17) is 9.15 Å². The van der Waals surface area contributed by atoms with Gasteiger partial charge in [0.05, 0.1) is 6.10 Å². The quantitative estimate of drug-likeness (QED) is 0.761. The van der Waals surface area contributed by atoms with E-state index in [1.54, 1.807) is 24.3 Å². The number of hydrogen-bond acceptors (Lipinski definition) is 5. The van der Waals surface area contributed by atoms with Crippen LogP contribution in [0.1, 0.15) is 24.2 Å². The summed E-state index contributed by atoms with van der Waals surface area (Å²) in [6, 6.07) is 12.3. The average molecular weight is 341 g/mol. The van der Waals surface area contributed by atoms with E-state index in [0.29, 0.717) is 16.9 Å². The molecule has 1 N–H and O–H groups in total. The molecule has 0 atom stereocenters. The number of anilines is 1. The minimum absolute atomic E-state index is 0.0353. The average Bonchev–Trinajstić information content (AvgIpc) is 3.04. The Morgan fingerprint density at radius 3 is 2.40 bits per heavy atom. The lowest BCUT2D eigenvalue weighted by Gasteiger charge is -2.09. The lowest BCUT2D eigenvalue weighted by molar-refractivity contribution is 0.102. The zero-order chi connectivity index (χ0) is 17.8. The maximum atomic E-state index is 12.9. The van der Waals surface area contributed by atoms with Crippen molar-refractivity contribution in [1.29, 1.82) is 0 Å². The maximum absolute atomic E-state index is 12.9. The van der Waals surface area contributed by atoms with Crippen LogP contribution in [-0.2, 0) is 0 Å². The van der Waals surface area contributed by atoms with Gasteiger partial charge in [0.25, 0.3) is 5.91 Å². The van der Waals surface area contributed by atoms with E-state index in [9.17, 15) is 9.18 Å². The molecule has 7 heteroatoms. The van der Waals surface area contributed by atoms with Crippen LogP contribution in [0.2, 0.25) is 0 Å². The third kappa shape index (κ3) is 4.20. The Balaban J connectivity index is 1.68. The summed E-state index contributed by atoms with van der Waals surface area (Å²) in [6.45, 7) is 3.85. The van der Waals surface area contributed by atoms with Crippen molar-refractivity contribution in [3.63, 3.8) is 0 Å². The number of halogens is 1. The van der Waals surface area contributed by atoms with Crippen molar-refractivity contribution in [3.8, 4) is 17.2 Å². The fourth-order valence-electron chi connectivity index (χ4n) is 2.11. The molecule has 2 aromatic carbocycles. The summed E-state index contributed by atoms with van der Waals surface area (Å²) in [5.41, 5.74) is 0.988. The number of rotatable bonds is 5. The monoisotopic (exact) mass is 341 g/mol. The lowest BCUT2D eigenvalue weighted by atomic mass is 10.2. The molecule has 0 bridgehead atoms. The second-order valence-corrected chi connectivity index (χ2v) is 5.56. The Bertz CT molecular complexity index is 858. The molecule has 0 aliphatic heterocycles. The molecule has 0 aliphatic rings. The van der Waals surface area contributed by atoms with E-state index in [-0.39, 0.29) is 29.7 Å². The van der Waals surface area contributed by atoms with Gasteiger partial charge in [-0.05, 0) is 62.4 Å². The first-order chi connectivity index (χ1) is 12.0. The minimum atomic E-state index is -0.384. The van der Waals surface area contributed by atoms with Crippen molar-refractivity contribution in [2.24, 2.45) is 0 Å². The molecule has 1 heterocycles. The third-order valence-corrected chi connectivity index (χ3v) is 3.22. The van der Waals surface area contributed by atoms with Gasteiger partial charge in [-0.15, -0.1) is 5.10 Å². The summed E-state index contributed by atoms with van der Waals surface area (Å²) in [5, 5.41) is 10.1. The smallest absolute Gasteiger partial charge is 0.322 e. The van der Waals surface area contributed by atoms with E-state index in [1.165, 1.54) is 24.3 Å². The molecule has 0 saturated carbocycles. The molecule has 1 amide bonds. The molecule has 0 saturated heterocycles. The van der Waals surface area contributed by atoms with Crippen LogP contribution in [0, 0.1) is 5.82 Å². The van der Waals surface area contributed by atoms with Gasteiger partial charge in [0, 0.05) is 11.1 Å². The summed E-state index contributed by atoms with van der Waals surface area (Å²) >= 11 is 0. The Morgan fingerprint density at radius 1 is 1.08 bits per heavy atom. The minimum Gasteiger partial charge on any atom is -0.491 e. The van der Waals surface area contributed by atoms with Crippen LogP contribution in [-0.4, -0.2) is 22.2 Å². The molecule has 0 aliphatic carbocycles. The van der Waals surface area contributed by atoms with Gasteiger partial charge in [0.1, 0.15) is 11.6 Å². The molecule has 3 aromatic rings. The third-order valence-electron chi connectivity index (χ3n) is 3.22. The standard InChI is InChI=1S/C18H16FN3O3/c1-11(2)24-15-9-5-12(6-10-15)16(23)20-18-22-21-17(25-18)13-3-7-14(19)8-4-13/h3-11H,1-2H3,(H,20,22,23). The highest BCUT2D eigenvalue weighted by Crippen LogP contribution is 2.20. The van der Waals surface area contributed by atoms with Crippen molar-refractivity contribution in [2.45, 2.75) is 20.0 Å². The number of nitrogens with zero attached hydrogens (tertiary/aromatic N) is 2. The van der Waals surface area contributed by atoms with Crippen LogP contribution in [0.15, 0.2) is 52.9 Å². The van der Waals surface area contributed by atoms with Gasteiger partial charge in [-0.3, -0.25) is 10.1 Å². The van der Waals surface area contributed by atoms with E-state index < -0.39 is 0 Å². The number of carbonyl (C=O) groups excluding carboxylic acids is 1. The number of nitrogens with one attached hydrogen (secondary N) is 1. The van der Waals surface area contributed by atoms with Crippen LogP contribution in [0.5, 0.6) is 5.75 Å². The van der Waals surface area contributed by atoms with Crippen molar-refractivity contribution in [2.75, 3.05) is 5.32 Å². The Morgan fingerprint density at radius 2 is 1.76 bits per heavy atom. The van der Waals surface area contributed by atoms with Crippen LogP contribution >= 0.6 is 0 Å². The van der Waals surface area contributed by atoms with Gasteiger partial charge >= 0.3 is 6.01 Å². The number of carbonyl (C=O) groups is 1. The number of aromatic nitrogens is 2. The second-order valence-electron chi connectivity index (χ2n) is 5.56. The first-order valence-electron chi connectivity index (χ1n) is 7.69. The van der Waals surface area contributed by atoms with E-state index in [2.05, 4.69) is 15.5 Å². The van der Waals surface area contributed by atoms with E-state index in [1.807, 2.05) is 13.8 Å². The van der Waals surface area contributed by atoms with E-state index >= 15 is 0 Å². The fourth-order valence-corrected chi connectivity index (χ4v) is 2.11. The highest BCUT2D eigenvalue weighted by atomic mass is 19.1. The largest absolute Gasteiger partial charge is 0.491 e. The van der Waals surface area contributed by atoms with Gasteiger partial charge in [-0.1, -0.05) is 5.10 Å². The van der Waals surface area contributed by atoms with Crippen molar-refractivity contribution in [3.05, 3.63) is 59.9 Å². The maximum Gasteiger partial charge on any atom is 0.322 e. The van der Waals surface area contributed by atoms with Crippen LogP contribution in [0.4, 0.5) is 10.4 Å². The zero-order valence-electron chi connectivity index (χ0n) is 13.7. The predicted octanol–water partition coefficient (Wildman–Crippen LogP) is 3.92. The number of benzene rings is 2.